The summed E-state index contributed by atoms with van der Waals surface area (Å²) in [5.41, 5.74) is 5.57. The molecule has 3 atom stereocenters. The summed E-state index contributed by atoms with van der Waals surface area (Å²) in [6.07, 6.45) is 2.71. The lowest BCUT2D eigenvalue weighted by Crippen LogP contribution is -2.47. The molecule has 0 bridgehead atoms. The fraction of sp³-hybridized carbons (Fsp3) is 0.321. The number of anilines is 1. The number of carbonyl (C=O) groups excluding carboxylic acids is 1. The fourth-order valence-electron chi connectivity index (χ4n) is 6.63. The number of nitrogens with one attached hydrogen (secondary N) is 1. The lowest BCUT2D eigenvalue weighted by molar-refractivity contribution is -0.136. The molecule has 1 spiro atoms. The molecular formula is C28H28N2O2. The third-order valence-electron chi connectivity index (χ3n) is 8.02. The van der Waals surface area contributed by atoms with E-state index in [0.717, 1.165) is 42.8 Å². The monoisotopic (exact) mass is 424 g/mol. The quantitative estimate of drug-likeness (QED) is 0.559. The summed E-state index contributed by atoms with van der Waals surface area (Å²) in [6.45, 7) is 3.34. The Kier molecular flexibility index (Phi) is 4.41. The third-order valence-corrected chi connectivity index (χ3v) is 8.02. The number of methoxy groups -OCH3 is 1. The summed E-state index contributed by atoms with van der Waals surface area (Å²) in [5.74, 6) is -0.196. The lowest BCUT2D eigenvalue weighted by atomic mass is 9.67. The maximum absolute atomic E-state index is 12.7. The van der Waals surface area contributed by atoms with Crippen molar-refractivity contribution in [3.05, 3.63) is 89.1 Å². The Bertz CT molecular complexity index is 1260. The topological polar surface area (TPSA) is 41.6 Å². The van der Waals surface area contributed by atoms with Gasteiger partial charge in [0, 0.05) is 30.0 Å². The second kappa shape index (κ2) is 7.21. The van der Waals surface area contributed by atoms with E-state index in [0.29, 0.717) is 12.1 Å². The van der Waals surface area contributed by atoms with Gasteiger partial charge in [-0.25, -0.2) is 4.79 Å². The van der Waals surface area contributed by atoms with Crippen LogP contribution in [0.4, 0.5) is 5.69 Å². The number of benzene rings is 3. The molecule has 3 aromatic rings. The van der Waals surface area contributed by atoms with Crippen LogP contribution < -0.4 is 5.32 Å². The Hall–Kier alpha value is -3.11. The number of fused-ring (bicyclic) bond motifs is 2. The van der Waals surface area contributed by atoms with Gasteiger partial charge < -0.3 is 10.1 Å². The van der Waals surface area contributed by atoms with Crippen molar-refractivity contribution in [3.8, 4) is 0 Å². The molecule has 1 fully saturated rings. The van der Waals surface area contributed by atoms with Gasteiger partial charge in [-0.3, -0.25) is 4.90 Å². The molecule has 1 aliphatic carbocycles. The van der Waals surface area contributed by atoms with Gasteiger partial charge in [0.2, 0.25) is 0 Å². The zero-order valence-corrected chi connectivity index (χ0v) is 18.6. The number of ether oxygens (including phenoxy) is 1. The Morgan fingerprint density at radius 3 is 2.75 bits per heavy atom. The van der Waals surface area contributed by atoms with E-state index < -0.39 is 0 Å². The minimum absolute atomic E-state index is 0.169. The van der Waals surface area contributed by atoms with Crippen LogP contribution in [0.5, 0.6) is 0 Å². The van der Waals surface area contributed by atoms with Crippen LogP contribution in [0.15, 0.2) is 78.0 Å². The van der Waals surface area contributed by atoms with E-state index in [2.05, 4.69) is 83.9 Å². The summed E-state index contributed by atoms with van der Waals surface area (Å²) >= 11 is 0. The normalized spacial score (nSPS) is 25.1. The molecule has 3 aromatic carbocycles. The Labute approximate surface area is 188 Å². The molecule has 2 aliphatic heterocycles. The van der Waals surface area contributed by atoms with Gasteiger partial charge in [0.05, 0.1) is 18.1 Å². The largest absolute Gasteiger partial charge is 0.466 e. The van der Waals surface area contributed by atoms with Crippen LogP contribution in [-0.2, 0) is 14.9 Å². The first-order valence-corrected chi connectivity index (χ1v) is 11.6. The Morgan fingerprint density at radius 2 is 1.88 bits per heavy atom. The van der Waals surface area contributed by atoms with Crippen molar-refractivity contribution in [3.63, 3.8) is 0 Å². The van der Waals surface area contributed by atoms with Gasteiger partial charge >= 0.3 is 5.97 Å². The van der Waals surface area contributed by atoms with Crippen LogP contribution in [0, 0.1) is 0 Å². The highest BCUT2D eigenvalue weighted by Crippen LogP contribution is 2.58. The van der Waals surface area contributed by atoms with Gasteiger partial charge in [-0.2, -0.15) is 0 Å². The molecule has 0 unspecified atom stereocenters. The van der Waals surface area contributed by atoms with Crippen LogP contribution in [0.1, 0.15) is 43.4 Å². The van der Waals surface area contributed by atoms with Crippen molar-refractivity contribution >= 4 is 22.4 Å². The zero-order chi connectivity index (χ0) is 21.9. The Morgan fingerprint density at radius 1 is 1.09 bits per heavy atom. The van der Waals surface area contributed by atoms with Gasteiger partial charge in [-0.1, -0.05) is 60.7 Å². The highest BCUT2D eigenvalue weighted by molar-refractivity contribution is 5.93. The van der Waals surface area contributed by atoms with Gasteiger partial charge in [0.1, 0.15) is 0 Å². The number of rotatable bonds is 3. The maximum Gasteiger partial charge on any atom is 0.335 e. The van der Waals surface area contributed by atoms with Gasteiger partial charge in [0.15, 0.2) is 0 Å². The molecule has 1 N–H and O–H groups in total. The molecule has 0 amide bonds. The predicted octanol–water partition coefficient (Wildman–Crippen LogP) is 5.56. The fourth-order valence-corrected chi connectivity index (χ4v) is 6.63. The zero-order valence-electron chi connectivity index (χ0n) is 18.6. The molecule has 162 valence electrons. The van der Waals surface area contributed by atoms with E-state index in [1.807, 2.05) is 0 Å². The molecule has 0 aromatic heterocycles. The molecule has 1 saturated heterocycles. The van der Waals surface area contributed by atoms with Crippen molar-refractivity contribution < 1.29 is 9.53 Å². The summed E-state index contributed by atoms with van der Waals surface area (Å²) in [4.78, 5) is 15.4. The third kappa shape index (κ3) is 2.56. The second-order valence-electron chi connectivity index (χ2n) is 9.27. The van der Waals surface area contributed by atoms with Crippen molar-refractivity contribution in [2.75, 3.05) is 19.0 Å². The molecule has 32 heavy (non-hydrogen) atoms. The van der Waals surface area contributed by atoms with Crippen molar-refractivity contribution in [2.45, 2.75) is 43.7 Å². The smallest absolute Gasteiger partial charge is 0.335 e. The summed E-state index contributed by atoms with van der Waals surface area (Å²) in [6, 6.07) is 24.5. The number of hydrogen-bond acceptors (Lipinski definition) is 4. The molecule has 4 heteroatoms. The highest BCUT2D eigenvalue weighted by atomic mass is 16.5. The molecular weight excluding hydrogens is 396 g/mol. The minimum atomic E-state index is -0.196. The predicted molar refractivity (Wildman–Crippen MR) is 127 cm³/mol. The van der Waals surface area contributed by atoms with Crippen molar-refractivity contribution in [2.24, 2.45) is 0 Å². The van der Waals surface area contributed by atoms with E-state index in [9.17, 15) is 4.79 Å². The average Bonchev–Trinajstić information content (AvgIpc) is 3.40. The van der Waals surface area contributed by atoms with Crippen LogP contribution in [-0.4, -0.2) is 30.6 Å². The van der Waals surface area contributed by atoms with Crippen molar-refractivity contribution in [1.29, 1.82) is 0 Å². The number of hydrogen-bond donors (Lipinski definition) is 1. The molecule has 0 saturated carbocycles. The first-order chi connectivity index (χ1) is 15.6. The second-order valence-corrected chi connectivity index (χ2v) is 9.27. The van der Waals surface area contributed by atoms with E-state index in [4.69, 9.17) is 4.74 Å². The number of likely N-dealkylation sites (tertiary alicyclic amines) is 1. The van der Waals surface area contributed by atoms with Gasteiger partial charge in [0.25, 0.3) is 0 Å². The number of para-hydroxylation sites is 1. The molecule has 2 heterocycles. The molecule has 4 nitrogen and oxygen atoms in total. The van der Waals surface area contributed by atoms with Crippen LogP contribution in [0.3, 0.4) is 0 Å². The molecule has 6 rings (SSSR count). The minimum Gasteiger partial charge on any atom is -0.466 e. The highest BCUT2D eigenvalue weighted by Gasteiger charge is 2.58. The first-order valence-electron chi connectivity index (χ1n) is 11.6. The van der Waals surface area contributed by atoms with Crippen LogP contribution in [0.25, 0.3) is 10.8 Å². The van der Waals surface area contributed by atoms with Gasteiger partial charge in [-0.15, -0.1) is 0 Å². The number of nitrogens with zero attached hydrogens (tertiary/aromatic N) is 1. The maximum atomic E-state index is 12.7. The SMILES string of the molecule is COC(=O)C1=C2Nc3ccccc3[C@]23CCN([C@@H](C)c2cccc4ccccc24)[C@@H]3CC1. The number of esters is 1. The average molecular weight is 425 g/mol. The van der Waals surface area contributed by atoms with E-state index in [-0.39, 0.29) is 11.4 Å². The molecule has 0 radical (unpaired) electrons. The van der Waals surface area contributed by atoms with Crippen LogP contribution >= 0.6 is 0 Å². The van der Waals surface area contributed by atoms with Crippen molar-refractivity contribution in [1.82, 2.24) is 4.90 Å². The summed E-state index contributed by atoms with van der Waals surface area (Å²) in [5, 5.41) is 6.26. The van der Waals surface area contributed by atoms with Crippen LogP contribution in [0.2, 0.25) is 0 Å². The van der Waals surface area contributed by atoms with Gasteiger partial charge in [-0.05, 0) is 54.2 Å². The summed E-state index contributed by atoms with van der Waals surface area (Å²) in [7, 11) is 1.49. The summed E-state index contributed by atoms with van der Waals surface area (Å²) < 4.78 is 5.18. The lowest BCUT2D eigenvalue weighted by Gasteiger charge is -2.42. The van der Waals surface area contributed by atoms with E-state index in [1.54, 1.807) is 0 Å². The van der Waals surface area contributed by atoms with E-state index >= 15 is 0 Å². The first kappa shape index (κ1) is 19.6. The molecule has 3 aliphatic rings. The van der Waals surface area contributed by atoms with E-state index in [1.165, 1.54) is 29.0 Å². The Balaban J connectivity index is 1.47. The number of carbonyl (C=O) groups is 1. The standard InChI is InChI=1S/C28H28N2O2/c1-18(20-11-7-9-19-8-3-4-10-21(19)20)30-17-16-28-23-12-5-6-13-24(23)29-26(28)22(27(31)32-2)14-15-25(28)30/h3-13,18,25,29H,14-17H2,1-2H3/t18-,25+,28-/m0/s1.